The summed E-state index contributed by atoms with van der Waals surface area (Å²) in [6, 6.07) is 0. The van der Waals surface area contributed by atoms with Crippen molar-refractivity contribution in [2.45, 2.75) is 35.3 Å². The van der Waals surface area contributed by atoms with E-state index in [1.807, 2.05) is 5.38 Å². The summed E-state index contributed by atoms with van der Waals surface area (Å²) in [7, 11) is 0. The predicted octanol–water partition coefficient (Wildman–Crippen LogP) is 2.41. The van der Waals surface area contributed by atoms with E-state index in [0.717, 1.165) is 9.59 Å². The minimum absolute atomic E-state index is 0.0434. The Bertz CT molecular complexity index is 333. The Hall–Kier alpha value is -0.550. The number of carboxylic acid groups (broad SMARTS) is 1. The molecule has 3 nitrogen and oxygen atoms in total. The molecule has 0 radical (unpaired) electrons. The molecule has 1 aliphatic carbocycles. The van der Waals surface area contributed by atoms with E-state index < -0.39 is 5.97 Å². The highest BCUT2D eigenvalue weighted by Crippen LogP contribution is 2.37. The molecule has 1 fully saturated rings. The summed E-state index contributed by atoms with van der Waals surface area (Å²) in [6.45, 7) is 0. The predicted molar refractivity (Wildman–Crippen MR) is 56.9 cm³/mol. The van der Waals surface area contributed by atoms with E-state index in [2.05, 4.69) is 4.98 Å². The number of thiazole rings is 1. The van der Waals surface area contributed by atoms with Crippen LogP contribution >= 0.6 is 23.1 Å². The van der Waals surface area contributed by atoms with Crippen LogP contribution in [0, 0.1) is 0 Å². The first-order valence-corrected chi connectivity index (χ1v) is 6.33. The second-order valence-electron chi connectivity index (χ2n) is 3.35. The minimum atomic E-state index is -0.810. The van der Waals surface area contributed by atoms with E-state index in [-0.39, 0.29) is 6.42 Å². The molecular formula is C9H11NO2S2. The molecule has 1 aliphatic rings. The smallest absolute Gasteiger partial charge is 0.309 e. The van der Waals surface area contributed by atoms with E-state index >= 15 is 0 Å². The molecule has 1 aromatic rings. The zero-order chi connectivity index (χ0) is 9.97. The molecule has 0 spiro atoms. The van der Waals surface area contributed by atoms with Crippen molar-refractivity contribution in [2.75, 3.05) is 0 Å². The molecule has 0 bridgehead atoms. The average molecular weight is 229 g/mol. The molecule has 1 heterocycles. The first-order chi connectivity index (χ1) is 6.74. The largest absolute Gasteiger partial charge is 0.481 e. The molecule has 1 N–H and O–H groups in total. The first-order valence-electron chi connectivity index (χ1n) is 4.57. The first kappa shape index (κ1) is 9.98. The number of hydrogen-bond donors (Lipinski definition) is 1. The minimum Gasteiger partial charge on any atom is -0.481 e. The van der Waals surface area contributed by atoms with Crippen molar-refractivity contribution in [1.29, 1.82) is 0 Å². The van der Waals surface area contributed by atoms with Gasteiger partial charge in [0.25, 0.3) is 0 Å². The summed E-state index contributed by atoms with van der Waals surface area (Å²) in [4.78, 5) is 14.7. The van der Waals surface area contributed by atoms with Gasteiger partial charge in [0.1, 0.15) is 4.34 Å². The van der Waals surface area contributed by atoms with E-state index in [0.29, 0.717) is 5.69 Å². The summed E-state index contributed by atoms with van der Waals surface area (Å²) in [5.41, 5.74) is 0.685. The topological polar surface area (TPSA) is 50.2 Å². The van der Waals surface area contributed by atoms with Crippen LogP contribution in [0.15, 0.2) is 9.72 Å². The lowest BCUT2D eigenvalue weighted by molar-refractivity contribution is -0.136. The van der Waals surface area contributed by atoms with Crippen LogP contribution in [0.25, 0.3) is 0 Å². The number of thioether (sulfide) groups is 1. The maximum atomic E-state index is 10.4. The Balaban J connectivity index is 1.91. The van der Waals surface area contributed by atoms with Crippen LogP contribution in [0.4, 0.5) is 0 Å². The standard InChI is InChI=1S/C9H11NO2S2/c11-8(12)4-6-5-13-9(10-6)14-7-2-1-3-7/h5,7H,1-4H2,(H,11,12). The Morgan fingerprint density at radius 1 is 1.71 bits per heavy atom. The molecule has 5 heteroatoms. The van der Waals surface area contributed by atoms with Crippen molar-refractivity contribution in [2.24, 2.45) is 0 Å². The molecule has 76 valence electrons. The highest BCUT2D eigenvalue weighted by Gasteiger charge is 2.20. The van der Waals surface area contributed by atoms with E-state index in [1.165, 1.54) is 19.3 Å². The van der Waals surface area contributed by atoms with Crippen LogP contribution in [0.1, 0.15) is 25.0 Å². The van der Waals surface area contributed by atoms with E-state index in [1.54, 1.807) is 23.1 Å². The Labute approximate surface area is 90.6 Å². The van der Waals surface area contributed by atoms with Crippen LogP contribution in [-0.4, -0.2) is 21.3 Å². The van der Waals surface area contributed by atoms with Crippen LogP contribution in [-0.2, 0) is 11.2 Å². The van der Waals surface area contributed by atoms with E-state index in [4.69, 9.17) is 5.11 Å². The number of aliphatic carboxylic acids is 1. The second-order valence-corrected chi connectivity index (χ2v) is 5.75. The third-order valence-electron chi connectivity index (χ3n) is 2.18. The van der Waals surface area contributed by atoms with Crippen LogP contribution < -0.4 is 0 Å². The molecule has 0 aliphatic heterocycles. The van der Waals surface area contributed by atoms with Crippen molar-refractivity contribution in [3.05, 3.63) is 11.1 Å². The second kappa shape index (κ2) is 4.31. The Kier molecular flexibility index (Phi) is 3.08. The zero-order valence-electron chi connectivity index (χ0n) is 7.60. The van der Waals surface area contributed by atoms with Crippen LogP contribution in [0.3, 0.4) is 0 Å². The van der Waals surface area contributed by atoms with Crippen molar-refractivity contribution in [3.63, 3.8) is 0 Å². The molecule has 1 saturated carbocycles. The lowest BCUT2D eigenvalue weighted by Crippen LogP contribution is -2.12. The van der Waals surface area contributed by atoms with Crippen molar-refractivity contribution >= 4 is 29.1 Å². The maximum absolute atomic E-state index is 10.4. The summed E-state index contributed by atoms with van der Waals surface area (Å²) in [5.74, 6) is -0.810. The Morgan fingerprint density at radius 3 is 3.07 bits per heavy atom. The highest BCUT2D eigenvalue weighted by molar-refractivity contribution is 8.01. The normalized spacial score (nSPS) is 16.6. The number of hydrogen-bond acceptors (Lipinski definition) is 4. The lowest BCUT2D eigenvalue weighted by Gasteiger charge is -2.22. The van der Waals surface area contributed by atoms with Gasteiger partial charge in [-0.1, -0.05) is 18.2 Å². The molecule has 0 amide bonds. The zero-order valence-corrected chi connectivity index (χ0v) is 9.24. The van der Waals surface area contributed by atoms with Gasteiger partial charge in [-0.3, -0.25) is 4.79 Å². The molecule has 0 unspecified atom stereocenters. The molecular weight excluding hydrogens is 218 g/mol. The molecule has 0 atom stereocenters. The van der Waals surface area contributed by atoms with Crippen molar-refractivity contribution < 1.29 is 9.90 Å². The third-order valence-corrected chi connectivity index (χ3v) is 4.54. The highest BCUT2D eigenvalue weighted by atomic mass is 32.2. The monoisotopic (exact) mass is 229 g/mol. The van der Waals surface area contributed by atoms with Gasteiger partial charge >= 0.3 is 5.97 Å². The fourth-order valence-corrected chi connectivity index (χ4v) is 3.55. The summed E-state index contributed by atoms with van der Waals surface area (Å²) in [5, 5.41) is 11.1. The van der Waals surface area contributed by atoms with Crippen LogP contribution in [0.2, 0.25) is 0 Å². The lowest BCUT2D eigenvalue weighted by atomic mass is 10.0. The molecule has 0 aromatic carbocycles. The van der Waals surface area contributed by atoms with Gasteiger partial charge in [0, 0.05) is 10.6 Å². The number of carbonyl (C=O) groups is 1. The van der Waals surface area contributed by atoms with Gasteiger partial charge in [-0.15, -0.1) is 11.3 Å². The summed E-state index contributed by atoms with van der Waals surface area (Å²) >= 11 is 3.35. The number of aromatic nitrogens is 1. The van der Waals surface area contributed by atoms with Crippen LogP contribution in [0.5, 0.6) is 0 Å². The van der Waals surface area contributed by atoms with Gasteiger partial charge in [0.2, 0.25) is 0 Å². The molecule has 1 aromatic heterocycles. The van der Waals surface area contributed by atoms with E-state index in [9.17, 15) is 4.79 Å². The van der Waals surface area contributed by atoms with Crippen molar-refractivity contribution in [3.8, 4) is 0 Å². The van der Waals surface area contributed by atoms with Gasteiger partial charge in [0.15, 0.2) is 0 Å². The molecule has 2 rings (SSSR count). The summed E-state index contributed by atoms with van der Waals surface area (Å²) < 4.78 is 1.02. The quantitative estimate of drug-likeness (QED) is 0.861. The SMILES string of the molecule is O=C(O)Cc1csc(SC2CCC2)n1. The fraction of sp³-hybridized carbons (Fsp3) is 0.556. The third kappa shape index (κ3) is 2.48. The van der Waals surface area contributed by atoms with Gasteiger partial charge in [-0.25, -0.2) is 4.98 Å². The summed E-state index contributed by atoms with van der Waals surface area (Å²) in [6.07, 6.45) is 3.92. The van der Waals surface area contributed by atoms with Crippen molar-refractivity contribution in [1.82, 2.24) is 4.98 Å². The van der Waals surface area contributed by atoms with Gasteiger partial charge in [-0.05, 0) is 12.8 Å². The Morgan fingerprint density at radius 2 is 2.50 bits per heavy atom. The van der Waals surface area contributed by atoms with Gasteiger partial charge in [-0.2, -0.15) is 0 Å². The molecule has 14 heavy (non-hydrogen) atoms. The molecule has 0 saturated heterocycles. The van der Waals surface area contributed by atoms with Gasteiger partial charge in [0.05, 0.1) is 12.1 Å². The number of carboxylic acids is 1. The maximum Gasteiger partial charge on any atom is 0.309 e. The average Bonchev–Trinajstić information content (AvgIpc) is 2.44. The fourth-order valence-electron chi connectivity index (χ4n) is 1.21. The number of rotatable bonds is 4. The van der Waals surface area contributed by atoms with Gasteiger partial charge < -0.3 is 5.11 Å². The number of nitrogens with zero attached hydrogens (tertiary/aromatic N) is 1.